The van der Waals surface area contributed by atoms with Gasteiger partial charge in [-0.25, -0.2) is 8.42 Å². The lowest BCUT2D eigenvalue weighted by Gasteiger charge is -2.16. The zero-order chi connectivity index (χ0) is 15.8. The number of sulfone groups is 1. The summed E-state index contributed by atoms with van der Waals surface area (Å²) in [6, 6.07) is 9.94. The molecule has 0 amide bonds. The molecule has 1 aliphatic rings. The molecular formula is C15H23N3O3S. The number of rotatable bonds is 6. The molecular weight excluding hydrogens is 302 g/mol. The van der Waals surface area contributed by atoms with Crippen LogP contribution in [0, 0.1) is 0 Å². The number of guanidine groups is 1. The molecule has 0 radical (unpaired) electrons. The second-order valence-electron chi connectivity index (χ2n) is 5.28. The van der Waals surface area contributed by atoms with Crippen molar-refractivity contribution in [3.63, 3.8) is 0 Å². The van der Waals surface area contributed by atoms with Gasteiger partial charge in [-0.2, -0.15) is 0 Å². The van der Waals surface area contributed by atoms with E-state index in [-0.39, 0.29) is 17.5 Å². The quantitative estimate of drug-likeness (QED) is 0.454. The van der Waals surface area contributed by atoms with Crippen molar-refractivity contribution in [2.75, 3.05) is 31.7 Å². The van der Waals surface area contributed by atoms with Crippen LogP contribution in [0.4, 0.5) is 0 Å². The fourth-order valence-corrected chi connectivity index (χ4v) is 3.98. The molecule has 1 aliphatic heterocycles. The van der Waals surface area contributed by atoms with Crippen LogP contribution in [0.5, 0.6) is 0 Å². The highest BCUT2D eigenvalue weighted by molar-refractivity contribution is 7.91. The van der Waals surface area contributed by atoms with E-state index in [1.54, 1.807) is 7.05 Å². The van der Waals surface area contributed by atoms with Crippen LogP contribution in [0.1, 0.15) is 12.0 Å². The maximum Gasteiger partial charge on any atom is 0.191 e. The van der Waals surface area contributed by atoms with Crippen LogP contribution in [-0.2, 0) is 21.2 Å². The lowest BCUT2D eigenvalue weighted by atomic mass is 10.2. The van der Waals surface area contributed by atoms with Gasteiger partial charge in [-0.1, -0.05) is 30.3 Å². The molecule has 1 saturated heterocycles. The summed E-state index contributed by atoms with van der Waals surface area (Å²) in [5, 5.41) is 6.26. The van der Waals surface area contributed by atoms with E-state index in [0.717, 1.165) is 5.56 Å². The summed E-state index contributed by atoms with van der Waals surface area (Å²) in [7, 11) is -1.21. The average molecular weight is 325 g/mol. The third-order valence-corrected chi connectivity index (χ3v) is 5.22. The van der Waals surface area contributed by atoms with Crippen LogP contribution in [-0.4, -0.2) is 52.1 Å². The highest BCUT2D eigenvalue weighted by Crippen LogP contribution is 2.10. The zero-order valence-electron chi connectivity index (χ0n) is 12.8. The van der Waals surface area contributed by atoms with Crippen molar-refractivity contribution in [3.05, 3.63) is 35.9 Å². The number of aliphatic imine (C=N–C) groups is 1. The normalized spacial score (nSPS) is 20.8. The standard InChI is InChI=1S/C15H23N3O3S/c1-16-15(18-14-7-10-22(19,20)12-14)17-8-9-21-11-13-5-3-2-4-6-13/h2-6,14H,7-12H2,1H3,(H2,16,17,18). The molecule has 7 heteroatoms. The second-order valence-corrected chi connectivity index (χ2v) is 7.51. The van der Waals surface area contributed by atoms with Gasteiger partial charge >= 0.3 is 0 Å². The van der Waals surface area contributed by atoms with E-state index in [0.29, 0.717) is 32.1 Å². The Morgan fingerprint density at radius 2 is 2.14 bits per heavy atom. The van der Waals surface area contributed by atoms with Gasteiger partial charge < -0.3 is 15.4 Å². The van der Waals surface area contributed by atoms with Crippen LogP contribution in [0.15, 0.2) is 35.3 Å². The van der Waals surface area contributed by atoms with Gasteiger partial charge in [0, 0.05) is 19.6 Å². The van der Waals surface area contributed by atoms with Gasteiger partial charge in [0.15, 0.2) is 15.8 Å². The molecule has 1 aromatic carbocycles. The first-order valence-corrected chi connectivity index (χ1v) is 9.20. The fourth-order valence-electron chi connectivity index (χ4n) is 2.30. The van der Waals surface area contributed by atoms with Crippen LogP contribution in [0.25, 0.3) is 0 Å². The molecule has 0 bridgehead atoms. The summed E-state index contributed by atoms with van der Waals surface area (Å²) in [6.45, 7) is 1.75. The summed E-state index contributed by atoms with van der Waals surface area (Å²) >= 11 is 0. The Bertz CT molecular complexity index is 587. The highest BCUT2D eigenvalue weighted by Gasteiger charge is 2.28. The number of ether oxygens (including phenoxy) is 1. The minimum absolute atomic E-state index is 0.0542. The molecule has 22 heavy (non-hydrogen) atoms. The lowest BCUT2D eigenvalue weighted by molar-refractivity contribution is 0.125. The van der Waals surface area contributed by atoms with Crippen molar-refractivity contribution in [1.82, 2.24) is 10.6 Å². The van der Waals surface area contributed by atoms with E-state index < -0.39 is 9.84 Å². The molecule has 1 fully saturated rings. The smallest absolute Gasteiger partial charge is 0.191 e. The molecule has 1 aromatic rings. The van der Waals surface area contributed by atoms with Gasteiger partial charge in [-0.05, 0) is 12.0 Å². The second kappa shape index (κ2) is 8.14. The first-order chi connectivity index (χ1) is 10.6. The van der Waals surface area contributed by atoms with Crippen molar-refractivity contribution in [1.29, 1.82) is 0 Å². The summed E-state index contributed by atoms with van der Waals surface area (Å²) < 4.78 is 28.4. The summed E-state index contributed by atoms with van der Waals surface area (Å²) in [4.78, 5) is 4.10. The van der Waals surface area contributed by atoms with E-state index >= 15 is 0 Å². The number of hydrogen-bond donors (Lipinski definition) is 2. The number of benzene rings is 1. The van der Waals surface area contributed by atoms with Crippen LogP contribution >= 0.6 is 0 Å². The largest absolute Gasteiger partial charge is 0.375 e. The molecule has 1 atom stereocenters. The Morgan fingerprint density at radius 1 is 1.36 bits per heavy atom. The number of nitrogens with one attached hydrogen (secondary N) is 2. The fraction of sp³-hybridized carbons (Fsp3) is 0.533. The Balaban J connectivity index is 1.63. The monoisotopic (exact) mass is 325 g/mol. The van der Waals surface area contributed by atoms with Crippen molar-refractivity contribution < 1.29 is 13.2 Å². The molecule has 0 aromatic heterocycles. The summed E-state index contributed by atoms with van der Waals surface area (Å²) in [6.07, 6.45) is 0.632. The summed E-state index contributed by atoms with van der Waals surface area (Å²) in [5.74, 6) is 1.05. The van der Waals surface area contributed by atoms with E-state index in [2.05, 4.69) is 15.6 Å². The molecule has 6 nitrogen and oxygen atoms in total. The number of hydrogen-bond acceptors (Lipinski definition) is 4. The molecule has 1 unspecified atom stereocenters. The third-order valence-electron chi connectivity index (χ3n) is 3.45. The van der Waals surface area contributed by atoms with Crippen LogP contribution < -0.4 is 10.6 Å². The maximum atomic E-state index is 11.4. The Morgan fingerprint density at radius 3 is 2.77 bits per heavy atom. The van der Waals surface area contributed by atoms with E-state index in [1.165, 1.54) is 0 Å². The molecule has 0 aliphatic carbocycles. The average Bonchev–Trinajstić information content (AvgIpc) is 2.85. The van der Waals surface area contributed by atoms with Crippen LogP contribution in [0.2, 0.25) is 0 Å². The Labute approximate surface area is 131 Å². The van der Waals surface area contributed by atoms with E-state index in [9.17, 15) is 8.42 Å². The predicted molar refractivity (Wildman–Crippen MR) is 87.7 cm³/mol. The van der Waals surface area contributed by atoms with Gasteiger partial charge in [-0.15, -0.1) is 0 Å². The molecule has 2 rings (SSSR count). The first kappa shape index (κ1) is 16.8. The lowest BCUT2D eigenvalue weighted by Crippen LogP contribution is -2.44. The van der Waals surface area contributed by atoms with Crippen molar-refractivity contribution in [3.8, 4) is 0 Å². The third kappa shape index (κ3) is 5.65. The minimum atomic E-state index is -2.88. The predicted octanol–water partition coefficient (Wildman–Crippen LogP) is 0.555. The number of nitrogens with zero attached hydrogens (tertiary/aromatic N) is 1. The Kier molecular flexibility index (Phi) is 6.21. The maximum absolute atomic E-state index is 11.4. The van der Waals surface area contributed by atoms with Crippen LogP contribution in [0.3, 0.4) is 0 Å². The summed E-state index contributed by atoms with van der Waals surface area (Å²) in [5.41, 5.74) is 1.14. The van der Waals surface area contributed by atoms with Crippen molar-refractivity contribution in [2.24, 2.45) is 4.99 Å². The molecule has 2 N–H and O–H groups in total. The minimum Gasteiger partial charge on any atom is -0.375 e. The molecule has 0 spiro atoms. The van der Waals surface area contributed by atoms with Gasteiger partial charge in [0.1, 0.15) is 0 Å². The molecule has 1 heterocycles. The zero-order valence-corrected chi connectivity index (χ0v) is 13.6. The van der Waals surface area contributed by atoms with Gasteiger partial charge in [0.2, 0.25) is 0 Å². The van der Waals surface area contributed by atoms with E-state index in [1.807, 2.05) is 30.3 Å². The topological polar surface area (TPSA) is 79.8 Å². The first-order valence-electron chi connectivity index (χ1n) is 7.38. The van der Waals surface area contributed by atoms with Crippen molar-refractivity contribution in [2.45, 2.75) is 19.1 Å². The van der Waals surface area contributed by atoms with Crippen molar-refractivity contribution >= 4 is 15.8 Å². The van der Waals surface area contributed by atoms with Gasteiger partial charge in [0.05, 0.1) is 24.7 Å². The molecule has 0 saturated carbocycles. The highest BCUT2D eigenvalue weighted by atomic mass is 32.2. The van der Waals surface area contributed by atoms with E-state index in [4.69, 9.17) is 4.74 Å². The molecule has 122 valence electrons. The van der Waals surface area contributed by atoms with Gasteiger partial charge in [-0.3, -0.25) is 4.99 Å². The SMILES string of the molecule is CN=C(NCCOCc1ccccc1)NC1CCS(=O)(=O)C1. The Hall–Kier alpha value is -1.60. The van der Waals surface area contributed by atoms with Gasteiger partial charge in [0.25, 0.3) is 0 Å².